The van der Waals surface area contributed by atoms with E-state index < -0.39 is 0 Å². The minimum atomic E-state index is -0.306. The maximum absolute atomic E-state index is 11.6. The van der Waals surface area contributed by atoms with E-state index in [-0.39, 0.29) is 5.97 Å². The molecule has 0 amide bonds. The number of aromatic nitrogens is 1. The molecule has 0 spiro atoms. The number of rotatable bonds is 5. The first-order valence-corrected chi connectivity index (χ1v) is 7.94. The molecule has 1 heterocycles. The molecule has 0 radical (unpaired) electrons. The topological polar surface area (TPSA) is 30.2 Å². The van der Waals surface area contributed by atoms with Crippen molar-refractivity contribution in [3.05, 3.63) is 101 Å². The average Bonchev–Trinajstić information content (AvgIpc) is 2.64. The molecule has 0 fully saturated rings. The van der Waals surface area contributed by atoms with Crippen LogP contribution in [0.5, 0.6) is 0 Å². The lowest BCUT2D eigenvalue weighted by Gasteiger charge is -2.03. The normalized spacial score (nSPS) is 10.4. The van der Waals surface area contributed by atoms with Crippen LogP contribution in [0.15, 0.2) is 79.1 Å². The Balaban J connectivity index is 1.69. The second kappa shape index (κ2) is 7.55. The Hall–Kier alpha value is -2.94. The highest BCUT2D eigenvalue weighted by Crippen LogP contribution is 2.09. The molecule has 0 aliphatic rings. The summed E-state index contributed by atoms with van der Waals surface area (Å²) in [5, 5.41) is 0. The van der Waals surface area contributed by atoms with Crippen molar-refractivity contribution in [2.75, 3.05) is 7.11 Å². The van der Waals surface area contributed by atoms with Gasteiger partial charge in [-0.15, -0.1) is 0 Å². The van der Waals surface area contributed by atoms with Gasteiger partial charge in [0.15, 0.2) is 18.9 Å². The van der Waals surface area contributed by atoms with E-state index in [9.17, 15) is 4.79 Å². The van der Waals surface area contributed by atoms with E-state index in [1.165, 1.54) is 18.2 Å². The molecule has 0 unspecified atom stereocenters. The molecule has 0 saturated heterocycles. The van der Waals surface area contributed by atoms with Gasteiger partial charge in [0.2, 0.25) is 0 Å². The molecule has 3 rings (SSSR count). The number of benzene rings is 2. The van der Waals surface area contributed by atoms with E-state index in [4.69, 9.17) is 4.74 Å². The number of nitrogens with zero attached hydrogens (tertiary/aromatic N) is 1. The third-order valence-corrected chi connectivity index (χ3v) is 3.92. The molecular formula is C21H20NO2+. The molecule has 3 heteroatoms. The molecular weight excluding hydrogens is 298 g/mol. The van der Waals surface area contributed by atoms with Gasteiger partial charge in [0.1, 0.15) is 0 Å². The fourth-order valence-electron chi connectivity index (χ4n) is 2.67. The first-order chi connectivity index (χ1) is 11.7. The van der Waals surface area contributed by atoms with E-state index in [0.29, 0.717) is 5.56 Å². The summed E-state index contributed by atoms with van der Waals surface area (Å²) in [5.41, 5.74) is 4.23. The van der Waals surface area contributed by atoms with Gasteiger partial charge < -0.3 is 4.74 Å². The Morgan fingerprint density at radius 3 is 2.25 bits per heavy atom. The molecule has 0 aliphatic carbocycles. The van der Waals surface area contributed by atoms with Crippen LogP contribution in [0.2, 0.25) is 0 Å². The first-order valence-electron chi connectivity index (χ1n) is 7.94. The summed E-state index contributed by atoms with van der Waals surface area (Å²) in [7, 11) is 1.40. The van der Waals surface area contributed by atoms with Gasteiger partial charge in [-0.05, 0) is 29.7 Å². The fourth-order valence-corrected chi connectivity index (χ4v) is 2.67. The largest absolute Gasteiger partial charge is 0.465 e. The van der Waals surface area contributed by atoms with E-state index in [1.54, 1.807) is 6.07 Å². The van der Waals surface area contributed by atoms with E-state index in [0.717, 1.165) is 18.5 Å². The lowest BCUT2D eigenvalue weighted by molar-refractivity contribution is -0.688. The maximum atomic E-state index is 11.6. The van der Waals surface area contributed by atoms with E-state index >= 15 is 0 Å². The van der Waals surface area contributed by atoms with Crippen LogP contribution in [-0.4, -0.2) is 13.1 Å². The van der Waals surface area contributed by atoms with Crippen LogP contribution >= 0.6 is 0 Å². The van der Waals surface area contributed by atoms with Crippen molar-refractivity contribution >= 4 is 5.97 Å². The smallest absolute Gasteiger partial charge is 0.337 e. The number of ether oxygens (including phenoxy) is 1. The highest BCUT2D eigenvalue weighted by atomic mass is 16.5. The molecule has 1 aromatic heterocycles. The van der Waals surface area contributed by atoms with Gasteiger partial charge in [-0.25, -0.2) is 9.36 Å². The average molecular weight is 318 g/mol. The first kappa shape index (κ1) is 15.9. The molecule has 0 bridgehead atoms. The Morgan fingerprint density at radius 2 is 1.54 bits per heavy atom. The molecule has 2 aromatic carbocycles. The summed E-state index contributed by atoms with van der Waals surface area (Å²) in [4.78, 5) is 11.6. The Bertz CT molecular complexity index is 811. The molecule has 0 N–H and O–H groups in total. The van der Waals surface area contributed by atoms with Crippen LogP contribution in [-0.2, 0) is 17.7 Å². The van der Waals surface area contributed by atoms with Crippen molar-refractivity contribution in [2.45, 2.75) is 13.0 Å². The van der Waals surface area contributed by atoms with Crippen molar-refractivity contribution in [3.8, 4) is 0 Å². The Labute approximate surface area is 142 Å². The predicted octanol–water partition coefficient (Wildman–Crippen LogP) is 3.40. The maximum Gasteiger partial charge on any atom is 0.337 e. The SMILES string of the molecule is COC(=O)c1cccc(C[n+]2ccc(Cc3ccccc3)cc2)c1. The Morgan fingerprint density at radius 1 is 0.875 bits per heavy atom. The van der Waals surface area contributed by atoms with Crippen molar-refractivity contribution in [1.29, 1.82) is 0 Å². The Kier molecular flexibility index (Phi) is 5.02. The minimum Gasteiger partial charge on any atom is -0.465 e. The zero-order valence-corrected chi connectivity index (χ0v) is 13.7. The standard InChI is InChI=1S/C21H20NO2/c1-24-21(23)20-9-5-8-19(15-20)16-22-12-10-18(11-13-22)14-17-6-3-2-4-7-17/h2-13,15H,14,16H2,1H3/q+1. The van der Waals surface area contributed by atoms with E-state index in [1.807, 2.05) is 24.3 Å². The van der Waals surface area contributed by atoms with Crippen molar-refractivity contribution < 1.29 is 14.1 Å². The zero-order valence-electron chi connectivity index (χ0n) is 13.7. The van der Waals surface area contributed by atoms with Gasteiger partial charge >= 0.3 is 5.97 Å². The quantitative estimate of drug-likeness (QED) is 0.533. The number of esters is 1. The number of carbonyl (C=O) groups excluding carboxylic acids is 1. The highest BCUT2D eigenvalue weighted by Gasteiger charge is 2.08. The summed E-state index contributed by atoms with van der Waals surface area (Å²) in [6, 6.07) is 22.2. The molecule has 3 aromatic rings. The fraction of sp³-hybridized carbons (Fsp3) is 0.143. The second-order valence-electron chi connectivity index (χ2n) is 5.73. The molecule has 24 heavy (non-hydrogen) atoms. The summed E-state index contributed by atoms with van der Waals surface area (Å²) in [6.45, 7) is 0.719. The second-order valence-corrected chi connectivity index (χ2v) is 5.73. The van der Waals surface area contributed by atoms with Crippen LogP contribution < -0.4 is 4.57 Å². The highest BCUT2D eigenvalue weighted by molar-refractivity contribution is 5.89. The minimum absolute atomic E-state index is 0.306. The number of pyridine rings is 1. The van der Waals surface area contributed by atoms with Crippen LogP contribution in [0.1, 0.15) is 27.0 Å². The number of hydrogen-bond acceptors (Lipinski definition) is 2. The van der Waals surface area contributed by atoms with Gasteiger partial charge in [-0.1, -0.05) is 42.5 Å². The van der Waals surface area contributed by atoms with Crippen molar-refractivity contribution in [1.82, 2.24) is 0 Å². The van der Waals surface area contributed by atoms with Crippen LogP contribution in [0, 0.1) is 0 Å². The van der Waals surface area contributed by atoms with Gasteiger partial charge in [0.05, 0.1) is 12.7 Å². The summed E-state index contributed by atoms with van der Waals surface area (Å²) in [5.74, 6) is -0.306. The number of hydrogen-bond donors (Lipinski definition) is 0. The monoisotopic (exact) mass is 318 g/mol. The summed E-state index contributed by atoms with van der Waals surface area (Å²) < 4.78 is 6.87. The predicted molar refractivity (Wildman–Crippen MR) is 92.8 cm³/mol. The van der Waals surface area contributed by atoms with Crippen LogP contribution in [0.3, 0.4) is 0 Å². The lowest BCUT2D eigenvalue weighted by atomic mass is 10.1. The number of carbonyl (C=O) groups is 1. The zero-order chi connectivity index (χ0) is 16.8. The number of methoxy groups -OCH3 is 1. The van der Waals surface area contributed by atoms with Gasteiger partial charge in [-0.3, -0.25) is 0 Å². The van der Waals surface area contributed by atoms with E-state index in [2.05, 4.69) is 53.4 Å². The molecule has 0 atom stereocenters. The third-order valence-electron chi connectivity index (χ3n) is 3.92. The van der Waals surface area contributed by atoms with Crippen molar-refractivity contribution in [3.63, 3.8) is 0 Å². The third kappa shape index (κ3) is 4.07. The van der Waals surface area contributed by atoms with Crippen LogP contribution in [0.25, 0.3) is 0 Å². The lowest BCUT2D eigenvalue weighted by Crippen LogP contribution is -2.33. The molecule has 120 valence electrons. The molecule has 3 nitrogen and oxygen atoms in total. The van der Waals surface area contributed by atoms with Crippen molar-refractivity contribution in [2.24, 2.45) is 0 Å². The molecule has 0 saturated carbocycles. The van der Waals surface area contributed by atoms with Gasteiger partial charge in [0.25, 0.3) is 0 Å². The van der Waals surface area contributed by atoms with Crippen LogP contribution in [0.4, 0.5) is 0 Å². The van der Waals surface area contributed by atoms with Gasteiger partial charge in [-0.2, -0.15) is 0 Å². The summed E-state index contributed by atoms with van der Waals surface area (Å²) >= 11 is 0. The molecule has 0 aliphatic heterocycles. The summed E-state index contributed by atoms with van der Waals surface area (Å²) in [6.07, 6.45) is 5.08. The van der Waals surface area contributed by atoms with Gasteiger partial charge in [0, 0.05) is 17.7 Å².